The van der Waals surface area contributed by atoms with Crippen molar-refractivity contribution >= 4 is 0 Å². The summed E-state index contributed by atoms with van der Waals surface area (Å²) in [5.74, 6) is -0.675. The lowest BCUT2D eigenvalue weighted by Crippen LogP contribution is -2.67. The minimum atomic E-state index is -1.61. The Morgan fingerprint density at radius 2 is 1.11 bits per heavy atom. The summed E-state index contributed by atoms with van der Waals surface area (Å²) in [5.41, 5.74) is 30.3. The number of aliphatic hydroxyl groups is 8. The average Bonchev–Trinajstić information content (AvgIpc) is 3.30. The number of ether oxygens (including phenoxy) is 6. The molecule has 19 nitrogen and oxygen atoms in total. The summed E-state index contributed by atoms with van der Waals surface area (Å²) < 4.78 is 35.0. The molecule has 4 aliphatic rings. The van der Waals surface area contributed by atoms with Crippen molar-refractivity contribution in [2.75, 3.05) is 26.4 Å². The second-order valence-corrected chi connectivity index (χ2v) is 11.9. The standard InChI is InChI=1S/C25H49N5O14/c26-4-10-17(36)18(37)14(30)24(39-10)43-21-12(6-33)41-25(19(21)38)44-22-16(35)8(27)3-9(28)20(22)42-23-13(29)15(34)7(1-2-31)11(5-32)40-23/h7-25,31-38H,1-6,26-30H2/t7-,8-,9?,10+,11?,12-,13?,14?,15+,16?,17-,18?,19?,20-,21+,22-,23-,24-,25+/m1/s1. The molecule has 3 saturated heterocycles. The predicted octanol–water partition coefficient (Wildman–Crippen LogP) is -8.22. The maximum Gasteiger partial charge on any atom is 0.187 e. The van der Waals surface area contributed by atoms with Gasteiger partial charge in [0.2, 0.25) is 0 Å². The normalized spacial score (nSPS) is 51.9. The Kier molecular flexibility index (Phi) is 12.7. The first-order valence-electron chi connectivity index (χ1n) is 14.8. The molecule has 3 aliphatic heterocycles. The Bertz CT molecular complexity index is 898. The van der Waals surface area contributed by atoms with E-state index in [1.165, 1.54) is 0 Å². The largest absolute Gasteiger partial charge is 0.396 e. The molecular formula is C25H49N5O14. The summed E-state index contributed by atoms with van der Waals surface area (Å²) in [5, 5.41) is 82.6. The number of rotatable bonds is 11. The first-order valence-corrected chi connectivity index (χ1v) is 14.8. The Morgan fingerprint density at radius 3 is 1.70 bits per heavy atom. The topological polar surface area (TPSA) is 347 Å². The van der Waals surface area contributed by atoms with Crippen molar-refractivity contribution in [3.05, 3.63) is 0 Å². The van der Waals surface area contributed by atoms with E-state index in [1.54, 1.807) is 0 Å². The lowest BCUT2D eigenvalue weighted by molar-refractivity contribution is -0.306. The van der Waals surface area contributed by atoms with Gasteiger partial charge in [-0.05, 0) is 12.8 Å². The van der Waals surface area contributed by atoms with Gasteiger partial charge >= 0.3 is 0 Å². The summed E-state index contributed by atoms with van der Waals surface area (Å²) >= 11 is 0. The molecule has 0 radical (unpaired) electrons. The molecule has 4 rings (SSSR count). The lowest BCUT2D eigenvalue weighted by atomic mass is 9.83. The van der Waals surface area contributed by atoms with E-state index in [9.17, 15) is 40.9 Å². The van der Waals surface area contributed by atoms with Crippen LogP contribution in [0.25, 0.3) is 0 Å². The zero-order chi connectivity index (χ0) is 32.5. The molecule has 0 bridgehead atoms. The van der Waals surface area contributed by atoms with Gasteiger partial charge in [-0.15, -0.1) is 0 Å². The molecule has 0 aromatic rings. The van der Waals surface area contributed by atoms with Gasteiger partial charge in [-0.1, -0.05) is 0 Å². The third-order valence-electron chi connectivity index (χ3n) is 8.97. The van der Waals surface area contributed by atoms with Gasteiger partial charge in [-0.25, -0.2) is 0 Å². The highest BCUT2D eigenvalue weighted by Crippen LogP contribution is 2.35. The molecule has 0 spiro atoms. The molecular weight excluding hydrogens is 594 g/mol. The fourth-order valence-electron chi connectivity index (χ4n) is 6.31. The first-order chi connectivity index (χ1) is 20.9. The second kappa shape index (κ2) is 15.4. The van der Waals surface area contributed by atoms with Crippen LogP contribution in [0.3, 0.4) is 0 Å². The van der Waals surface area contributed by atoms with Crippen LogP contribution in [0.1, 0.15) is 12.8 Å². The molecule has 1 saturated carbocycles. The van der Waals surface area contributed by atoms with Gasteiger partial charge < -0.3 is 97.9 Å². The van der Waals surface area contributed by atoms with E-state index >= 15 is 0 Å². The second-order valence-electron chi connectivity index (χ2n) is 11.9. The first kappa shape index (κ1) is 36.1. The van der Waals surface area contributed by atoms with E-state index in [4.69, 9.17) is 57.1 Å². The van der Waals surface area contributed by atoms with Crippen LogP contribution in [0.2, 0.25) is 0 Å². The van der Waals surface area contributed by atoms with Gasteiger partial charge in [0.25, 0.3) is 0 Å². The maximum absolute atomic E-state index is 11.2. The third-order valence-corrected chi connectivity index (χ3v) is 8.97. The van der Waals surface area contributed by atoms with Crippen LogP contribution in [0.4, 0.5) is 0 Å². The number of aliphatic hydroxyl groups excluding tert-OH is 8. The van der Waals surface area contributed by atoms with Gasteiger partial charge in [-0.3, -0.25) is 0 Å². The summed E-state index contributed by atoms with van der Waals surface area (Å²) in [6, 6.07) is -4.12. The van der Waals surface area contributed by atoms with Crippen LogP contribution in [0.15, 0.2) is 0 Å². The van der Waals surface area contributed by atoms with E-state index in [0.29, 0.717) is 0 Å². The molecule has 18 N–H and O–H groups in total. The molecule has 19 heteroatoms. The summed E-state index contributed by atoms with van der Waals surface area (Å²) in [6.45, 7) is -1.59. The van der Waals surface area contributed by atoms with Crippen LogP contribution in [-0.4, -0.2) is 177 Å². The SMILES string of the molecule is NC[C@@H]1O[C@H](O[C@@H]2C(O)[C@H](O[C@@H]3C(O)[C@H](N)CC(N)[C@H]3O[C@H]3OC(CO)[C@@H](CCO)[C@H](O)C3N)O[C@@H]2CO)C(N)C(O)[C@@H]1O. The van der Waals surface area contributed by atoms with Gasteiger partial charge in [0.1, 0.15) is 48.8 Å². The minimum absolute atomic E-state index is 0.0826. The predicted molar refractivity (Wildman–Crippen MR) is 146 cm³/mol. The van der Waals surface area contributed by atoms with Gasteiger partial charge in [0.05, 0.1) is 43.6 Å². The third kappa shape index (κ3) is 7.21. The fraction of sp³-hybridized carbons (Fsp3) is 1.00. The molecule has 19 atom stereocenters. The molecule has 3 heterocycles. The molecule has 7 unspecified atom stereocenters. The van der Waals surface area contributed by atoms with E-state index in [1.807, 2.05) is 0 Å². The summed E-state index contributed by atoms with van der Waals surface area (Å²) in [7, 11) is 0. The fourth-order valence-corrected chi connectivity index (χ4v) is 6.31. The van der Waals surface area contributed by atoms with Crippen LogP contribution in [-0.2, 0) is 28.4 Å². The molecule has 0 amide bonds. The molecule has 44 heavy (non-hydrogen) atoms. The van der Waals surface area contributed by atoms with E-state index in [0.717, 1.165) is 0 Å². The number of hydrogen-bond donors (Lipinski definition) is 13. The highest BCUT2D eigenvalue weighted by Gasteiger charge is 2.54. The van der Waals surface area contributed by atoms with Crippen molar-refractivity contribution < 1.29 is 69.3 Å². The number of nitrogens with two attached hydrogens (primary N) is 5. The summed E-state index contributed by atoms with van der Waals surface area (Å²) in [4.78, 5) is 0. The van der Waals surface area contributed by atoms with E-state index < -0.39 is 129 Å². The maximum atomic E-state index is 11.2. The van der Waals surface area contributed by atoms with Crippen molar-refractivity contribution in [1.82, 2.24) is 0 Å². The monoisotopic (exact) mass is 643 g/mol. The van der Waals surface area contributed by atoms with Crippen molar-refractivity contribution in [3.63, 3.8) is 0 Å². The van der Waals surface area contributed by atoms with Crippen molar-refractivity contribution in [1.29, 1.82) is 0 Å². The molecule has 4 fully saturated rings. The van der Waals surface area contributed by atoms with Crippen LogP contribution in [0.5, 0.6) is 0 Å². The Labute approximate surface area is 253 Å². The molecule has 0 aromatic carbocycles. The van der Waals surface area contributed by atoms with Crippen LogP contribution in [0, 0.1) is 5.92 Å². The van der Waals surface area contributed by atoms with Gasteiger partial charge in [0, 0.05) is 31.2 Å². The van der Waals surface area contributed by atoms with E-state index in [-0.39, 0.29) is 26.0 Å². The quantitative estimate of drug-likeness (QED) is 0.0993. The molecule has 0 aromatic heterocycles. The average molecular weight is 644 g/mol. The minimum Gasteiger partial charge on any atom is -0.396 e. The molecule has 258 valence electrons. The zero-order valence-electron chi connectivity index (χ0n) is 24.1. The highest BCUT2D eigenvalue weighted by atomic mass is 16.8. The highest BCUT2D eigenvalue weighted by molar-refractivity contribution is 5.02. The smallest absolute Gasteiger partial charge is 0.187 e. The zero-order valence-corrected chi connectivity index (χ0v) is 24.1. The Morgan fingerprint density at radius 1 is 0.568 bits per heavy atom. The van der Waals surface area contributed by atoms with E-state index in [2.05, 4.69) is 0 Å². The number of hydrogen-bond acceptors (Lipinski definition) is 19. The van der Waals surface area contributed by atoms with Gasteiger partial charge in [-0.2, -0.15) is 0 Å². The van der Waals surface area contributed by atoms with Crippen LogP contribution >= 0.6 is 0 Å². The molecule has 1 aliphatic carbocycles. The Hall–Kier alpha value is -0.760. The van der Waals surface area contributed by atoms with Crippen molar-refractivity contribution in [2.45, 2.75) is 123 Å². The van der Waals surface area contributed by atoms with Crippen molar-refractivity contribution in [2.24, 2.45) is 34.6 Å². The Balaban J connectivity index is 1.49. The van der Waals surface area contributed by atoms with Crippen molar-refractivity contribution in [3.8, 4) is 0 Å². The lowest BCUT2D eigenvalue weighted by Gasteiger charge is -2.48. The van der Waals surface area contributed by atoms with Gasteiger partial charge in [0.15, 0.2) is 18.9 Å². The summed E-state index contributed by atoms with van der Waals surface area (Å²) in [6.07, 6.45) is -18.1. The van der Waals surface area contributed by atoms with Crippen LogP contribution < -0.4 is 28.7 Å².